The number of fused-ring (bicyclic) bond motifs is 5. The highest BCUT2D eigenvalue weighted by molar-refractivity contribution is 5.33. The summed E-state index contributed by atoms with van der Waals surface area (Å²) in [4.78, 5) is 0. The molecule has 0 amide bonds. The third kappa shape index (κ3) is 3.23. The maximum absolute atomic E-state index is 10.9. The van der Waals surface area contributed by atoms with Crippen LogP contribution < -0.4 is 0 Å². The van der Waals surface area contributed by atoms with E-state index in [-0.39, 0.29) is 34.7 Å². The van der Waals surface area contributed by atoms with E-state index in [2.05, 4.69) is 61.5 Å². The van der Waals surface area contributed by atoms with E-state index in [9.17, 15) is 10.2 Å². The first kappa shape index (κ1) is 24.3. The smallest absolute Gasteiger partial charge is 0.113 e. The number of hydrogen-bond donors (Lipinski definition) is 2. The highest BCUT2D eigenvalue weighted by Gasteiger charge is 2.65. The molecule has 188 valence electrons. The minimum absolute atomic E-state index is 0.00178. The fraction of sp³-hybridized carbons (Fsp3) is 0.933. The van der Waals surface area contributed by atoms with Crippen molar-refractivity contribution in [2.75, 3.05) is 0 Å². The van der Waals surface area contributed by atoms with Gasteiger partial charge < -0.3 is 14.9 Å². The summed E-state index contributed by atoms with van der Waals surface area (Å²) in [6.07, 6.45) is 11.4. The molecule has 0 aromatic heterocycles. The number of aliphatic hydroxyl groups excluding tert-OH is 2. The van der Waals surface area contributed by atoms with Gasteiger partial charge in [0.2, 0.25) is 0 Å². The van der Waals surface area contributed by atoms with Crippen LogP contribution in [-0.4, -0.2) is 34.1 Å². The van der Waals surface area contributed by atoms with Crippen molar-refractivity contribution in [3.63, 3.8) is 0 Å². The Hall–Kier alpha value is -0.380. The molecule has 10 atom stereocenters. The second kappa shape index (κ2) is 7.32. The Kier molecular flexibility index (Phi) is 5.40. The highest BCUT2D eigenvalue weighted by Crippen LogP contribution is 2.73. The SMILES string of the molecule is C[C@H](C[C@H](O)[C@@H]1OC1(C)C)[C@@H]1CC[C@]2(C)C3=CC[C@@H]4C(C)(C)[C@H](O)CC[C@]4(C)[C@@H]3CC[C@@]12C. The Balaban J connectivity index is 1.40. The fourth-order valence-electron chi connectivity index (χ4n) is 10.2. The van der Waals surface area contributed by atoms with Gasteiger partial charge in [0.25, 0.3) is 0 Å². The van der Waals surface area contributed by atoms with Gasteiger partial charge in [-0.2, -0.15) is 0 Å². The summed E-state index contributed by atoms with van der Waals surface area (Å²) in [7, 11) is 0. The first-order chi connectivity index (χ1) is 15.2. The molecule has 4 fully saturated rings. The van der Waals surface area contributed by atoms with E-state index in [1.807, 2.05) is 0 Å². The minimum Gasteiger partial charge on any atom is -0.393 e. The van der Waals surface area contributed by atoms with Crippen LogP contribution in [0.3, 0.4) is 0 Å². The van der Waals surface area contributed by atoms with Crippen LogP contribution in [0.1, 0.15) is 107 Å². The number of aliphatic hydroxyl groups is 2. The van der Waals surface area contributed by atoms with E-state index >= 15 is 0 Å². The van der Waals surface area contributed by atoms with Gasteiger partial charge in [0, 0.05) is 0 Å². The number of allylic oxidation sites excluding steroid dienone is 2. The summed E-state index contributed by atoms with van der Waals surface area (Å²) in [5.74, 6) is 2.42. The number of ether oxygens (including phenoxy) is 1. The molecule has 3 heteroatoms. The van der Waals surface area contributed by atoms with Gasteiger partial charge in [-0.3, -0.25) is 0 Å². The van der Waals surface area contributed by atoms with Gasteiger partial charge in [0.15, 0.2) is 0 Å². The van der Waals surface area contributed by atoms with Crippen LogP contribution in [0, 0.1) is 45.3 Å². The lowest BCUT2D eigenvalue weighted by Crippen LogP contribution is -2.58. The van der Waals surface area contributed by atoms with Crippen LogP contribution in [0.4, 0.5) is 0 Å². The van der Waals surface area contributed by atoms with Gasteiger partial charge in [-0.05, 0) is 111 Å². The molecular weight excluding hydrogens is 408 g/mol. The van der Waals surface area contributed by atoms with Gasteiger partial charge in [-0.1, -0.05) is 53.2 Å². The summed E-state index contributed by atoms with van der Waals surface area (Å²) < 4.78 is 5.76. The molecule has 0 aromatic rings. The average molecular weight is 459 g/mol. The zero-order chi connectivity index (χ0) is 24.2. The Bertz CT molecular complexity index is 828. The largest absolute Gasteiger partial charge is 0.393 e. The van der Waals surface area contributed by atoms with E-state index in [1.165, 1.54) is 32.1 Å². The molecule has 0 unspecified atom stereocenters. The van der Waals surface area contributed by atoms with Crippen molar-refractivity contribution in [2.45, 2.75) is 131 Å². The molecule has 0 bridgehead atoms. The summed E-state index contributed by atoms with van der Waals surface area (Å²) in [5.41, 5.74) is 2.50. The van der Waals surface area contributed by atoms with Gasteiger partial charge in [-0.25, -0.2) is 0 Å². The molecule has 0 radical (unpaired) electrons. The van der Waals surface area contributed by atoms with E-state index in [0.29, 0.717) is 34.5 Å². The number of rotatable bonds is 4. The predicted molar refractivity (Wildman–Crippen MR) is 134 cm³/mol. The quantitative estimate of drug-likeness (QED) is 0.372. The zero-order valence-corrected chi connectivity index (χ0v) is 22.6. The molecule has 0 aromatic carbocycles. The molecule has 33 heavy (non-hydrogen) atoms. The first-order valence-corrected chi connectivity index (χ1v) is 13.9. The maximum Gasteiger partial charge on any atom is 0.113 e. The fourth-order valence-corrected chi connectivity index (χ4v) is 10.2. The van der Waals surface area contributed by atoms with Crippen molar-refractivity contribution < 1.29 is 14.9 Å². The van der Waals surface area contributed by atoms with Crippen LogP contribution in [-0.2, 0) is 4.74 Å². The van der Waals surface area contributed by atoms with Gasteiger partial charge in [0.1, 0.15) is 6.10 Å². The topological polar surface area (TPSA) is 53.0 Å². The van der Waals surface area contributed by atoms with Crippen LogP contribution in [0.25, 0.3) is 0 Å². The van der Waals surface area contributed by atoms with Gasteiger partial charge in [-0.15, -0.1) is 0 Å². The Morgan fingerprint density at radius 1 is 1.00 bits per heavy atom. The lowest BCUT2D eigenvalue weighted by Gasteiger charge is -2.64. The van der Waals surface area contributed by atoms with Gasteiger partial charge >= 0.3 is 0 Å². The highest BCUT2D eigenvalue weighted by atomic mass is 16.6. The molecule has 3 nitrogen and oxygen atoms in total. The summed E-state index contributed by atoms with van der Waals surface area (Å²) in [6, 6.07) is 0. The molecule has 5 aliphatic rings. The standard InChI is InChI=1S/C30H50O3/c1-18(17-22(31)25-27(4,5)33-25)19-11-15-30(8)21-9-10-23-26(2,3)24(32)13-14-28(23,6)20(21)12-16-29(19,30)7/h9,18-20,22-25,31-32H,10-17H2,1-8H3/t18-,19+,20-,22+,23-,24-,25+,28-,29+,30-/m1/s1. The van der Waals surface area contributed by atoms with E-state index < -0.39 is 0 Å². The Morgan fingerprint density at radius 2 is 1.67 bits per heavy atom. The van der Waals surface area contributed by atoms with Crippen molar-refractivity contribution in [2.24, 2.45) is 45.3 Å². The molecule has 4 aliphatic carbocycles. The minimum atomic E-state index is -0.341. The molecule has 5 rings (SSSR count). The number of epoxide rings is 1. The Morgan fingerprint density at radius 3 is 2.30 bits per heavy atom. The van der Waals surface area contributed by atoms with E-state index in [1.54, 1.807) is 5.57 Å². The van der Waals surface area contributed by atoms with Crippen LogP contribution in [0.15, 0.2) is 11.6 Å². The number of hydrogen-bond acceptors (Lipinski definition) is 3. The summed E-state index contributed by atoms with van der Waals surface area (Å²) in [6.45, 7) is 19.0. The monoisotopic (exact) mass is 458 g/mol. The molecule has 2 N–H and O–H groups in total. The molecule has 3 saturated carbocycles. The second-order valence-electron chi connectivity index (χ2n) is 14.7. The predicted octanol–water partition coefficient (Wildman–Crippen LogP) is 6.52. The maximum atomic E-state index is 10.9. The summed E-state index contributed by atoms with van der Waals surface area (Å²) in [5, 5.41) is 21.7. The van der Waals surface area contributed by atoms with E-state index in [4.69, 9.17) is 4.74 Å². The summed E-state index contributed by atoms with van der Waals surface area (Å²) >= 11 is 0. The normalized spacial score (nSPS) is 51.6. The van der Waals surface area contributed by atoms with Crippen LogP contribution in [0.5, 0.6) is 0 Å². The van der Waals surface area contributed by atoms with Gasteiger partial charge in [0.05, 0.1) is 17.8 Å². The van der Waals surface area contributed by atoms with Crippen molar-refractivity contribution in [3.05, 3.63) is 11.6 Å². The van der Waals surface area contributed by atoms with Crippen LogP contribution in [0.2, 0.25) is 0 Å². The van der Waals surface area contributed by atoms with Crippen molar-refractivity contribution in [1.29, 1.82) is 0 Å². The second-order valence-corrected chi connectivity index (χ2v) is 14.7. The lowest BCUT2D eigenvalue weighted by molar-refractivity contribution is -0.131. The molecule has 1 aliphatic heterocycles. The average Bonchev–Trinajstić information content (AvgIpc) is 3.26. The van der Waals surface area contributed by atoms with Crippen LogP contribution >= 0.6 is 0 Å². The van der Waals surface area contributed by atoms with Crippen molar-refractivity contribution >= 4 is 0 Å². The first-order valence-electron chi connectivity index (χ1n) is 13.9. The zero-order valence-electron chi connectivity index (χ0n) is 22.6. The van der Waals surface area contributed by atoms with Crippen molar-refractivity contribution in [3.8, 4) is 0 Å². The molecule has 1 saturated heterocycles. The molecular formula is C30H50O3. The Labute approximate surface area is 202 Å². The molecule has 0 spiro atoms. The molecule has 1 heterocycles. The van der Waals surface area contributed by atoms with E-state index in [0.717, 1.165) is 19.3 Å². The third-order valence-electron chi connectivity index (χ3n) is 12.6. The third-order valence-corrected chi connectivity index (χ3v) is 12.6. The lowest BCUT2D eigenvalue weighted by atomic mass is 9.41. The van der Waals surface area contributed by atoms with Crippen molar-refractivity contribution in [1.82, 2.24) is 0 Å².